The van der Waals surface area contributed by atoms with E-state index >= 15 is 0 Å². The molecule has 1 aliphatic carbocycles. The van der Waals surface area contributed by atoms with Crippen LogP contribution in [0.3, 0.4) is 0 Å². The van der Waals surface area contributed by atoms with E-state index in [1.165, 1.54) is 11.8 Å². The Morgan fingerprint density at radius 1 is 1.35 bits per heavy atom. The number of benzene rings is 1. The molecule has 8 nitrogen and oxygen atoms in total. The Kier molecular flexibility index (Phi) is 4.62. The fourth-order valence-corrected chi connectivity index (χ4v) is 3.85. The van der Waals surface area contributed by atoms with Crippen LogP contribution >= 0.6 is 11.8 Å². The van der Waals surface area contributed by atoms with Gasteiger partial charge in [-0.15, -0.1) is 5.10 Å². The third kappa shape index (κ3) is 3.31. The molecule has 0 unspecified atom stereocenters. The number of aromatic nitrogens is 6. The molecule has 0 radical (unpaired) electrons. The van der Waals surface area contributed by atoms with Crippen LogP contribution in [0.25, 0.3) is 11.0 Å². The minimum Gasteiger partial charge on any atom is -0.338 e. The van der Waals surface area contributed by atoms with Gasteiger partial charge in [0.2, 0.25) is 11.1 Å². The van der Waals surface area contributed by atoms with Crippen molar-refractivity contribution in [1.82, 2.24) is 34.7 Å². The number of amides is 1. The summed E-state index contributed by atoms with van der Waals surface area (Å²) >= 11 is 1.39. The van der Waals surface area contributed by atoms with Crippen molar-refractivity contribution in [2.75, 3.05) is 12.8 Å². The average molecular weight is 371 g/mol. The summed E-state index contributed by atoms with van der Waals surface area (Å²) in [6.45, 7) is 3.39. The quantitative estimate of drug-likeness (QED) is 0.592. The maximum atomic E-state index is 12.5. The van der Waals surface area contributed by atoms with Crippen molar-refractivity contribution in [3.63, 3.8) is 0 Å². The van der Waals surface area contributed by atoms with E-state index in [1.54, 1.807) is 4.90 Å². The molecule has 0 bridgehead atoms. The number of para-hydroxylation sites is 2. The number of hydrogen-bond donors (Lipinski definition) is 0. The van der Waals surface area contributed by atoms with Crippen LogP contribution < -0.4 is 0 Å². The Balaban J connectivity index is 1.42. The largest absolute Gasteiger partial charge is 0.338 e. The average Bonchev–Trinajstić information content (AvgIpc) is 3.28. The van der Waals surface area contributed by atoms with Crippen LogP contribution in [0.1, 0.15) is 31.6 Å². The van der Waals surface area contributed by atoms with E-state index < -0.39 is 0 Å². The third-order valence-corrected chi connectivity index (χ3v) is 5.45. The zero-order chi connectivity index (χ0) is 18.1. The molecule has 1 fully saturated rings. The molecule has 4 rings (SSSR count). The van der Waals surface area contributed by atoms with E-state index in [4.69, 9.17) is 0 Å². The number of nitrogens with zero attached hydrogens (tertiary/aromatic N) is 7. The van der Waals surface area contributed by atoms with Gasteiger partial charge in [0.25, 0.3) is 0 Å². The molecule has 136 valence electrons. The molecule has 9 heteroatoms. The summed E-state index contributed by atoms with van der Waals surface area (Å²) in [5, 5.41) is 12.5. The normalized spacial score (nSPS) is 14.1. The van der Waals surface area contributed by atoms with E-state index in [2.05, 4.69) is 38.1 Å². The first-order chi connectivity index (χ1) is 12.7. The maximum absolute atomic E-state index is 12.5. The Bertz CT molecular complexity index is 930. The summed E-state index contributed by atoms with van der Waals surface area (Å²) < 4.78 is 3.98. The highest BCUT2D eigenvalue weighted by atomic mass is 32.2. The van der Waals surface area contributed by atoms with Crippen molar-refractivity contribution in [2.45, 2.75) is 44.1 Å². The minimum atomic E-state index is 0.0371. The van der Waals surface area contributed by atoms with Crippen LogP contribution in [0.15, 0.2) is 29.4 Å². The van der Waals surface area contributed by atoms with Crippen LogP contribution in [0.2, 0.25) is 0 Å². The molecule has 0 saturated heterocycles. The van der Waals surface area contributed by atoms with Crippen molar-refractivity contribution >= 4 is 28.7 Å². The van der Waals surface area contributed by atoms with Crippen molar-refractivity contribution < 1.29 is 4.79 Å². The van der Waals surface area contributed by atoms with E-state index in [-0.39, 0.29) is 5.91 Å². The third-order valence-electron chi connectivity index (χ3n) is 4.53. The second-order valence-corrected chi connectivity index (χ2v) is 7.38. The first-order valence-electron chi connectivity index (χ1n) is 8.76. The molecule has 1 aromatic carbocycles. The SMILES string of the molecule is CCn1c(CN(C)C(=O)CSc2nnnn2C2CC2)nc2ccccc21. The number of tetrazole rings is 1. The van der Waals surface area contributed by atoms with E-state index in [1.807, 2.05) is 29.9 Å². The monoisotopic (exact) mass is 371 g/mol. The van der Waals surface area contributed by atoms with Gasteiger partial charge in [0.05, 0.1) is 29.4 Å². The molecular weight excluding hydrogens is 350 g/mol. The van der Waals surface area contributed by atoms with Gasteiger partial charge < -0.3 is 9.47 Å². The number of aryl methyl sites for hydroxylation is 1. The Morgan fingerprint density at radius 3 is 2.92 bits per heavy atom. The van der Waals surface area contributed by atoms with E-state index in [9.17, 15) is 4.79 Å². The zero-order valence-corrected chi connectivity index (χ0v) is 15.7. The number of fused-ring (bicyclic) bond motifs is 1. The van der Waals surface area contributed by atoms with Crippen LogP contribution in [0.5, 0.6) is 0 Å². The van der Waals surface area contributed by atoms with Crippen molar-refractivity contribution in [3.8, 4) is 0 Å². The van der Waals surface area contributed by atoms with Gasteiger partial charge in [0.1, 0.15) is 5.82 Å². The highest BCUT2D eigenvalue weighted by Crippen LogP contribution is 2.36. The van der Waals surface area contributed by atoms with E-state index in [0.717, 1.165) is 41.4 Å². The molecule has 26 heavy (non-hydrogen) atoms. The van der Waals surface area contributed by atoms with Gasteiger partial charge >= 0.3 is 0 Å². The fraction of sp³-hybridized carbons (Fsp3) is 0.471. The van der Waals surface area contributed by atoms with Crippen LogP contribution in [-0.2, 0) is 17.9 Å². The first-order valence-corrected chi connectivity index (χ1v) is 9.74. The summed E-state index contributed by atoms with van der Waals surface area (Å²) in [7, 11) is 1.81. The van der Waals surface area contributed by atoms with Gasteiger partial charge in [-0.3, -0.25) is 4.79 Å². The molecule has 1 amide bonds. The topological polar surface area (TPSA) is 81.7 Å². The smallest absolute Gasteiger partial charge is 0.233 e. The van der Waals surface area contributed by atoms with Crippen LogP contribution in [-0.4, -0.2) is 53.4 Å². The summed E-state index contributed by atoms with van der Waals surface area (Å²) in [4.78, 5) is 18.9. The lowest BCUT2D eigenvalue weighted by atomic mass is 10.3. The lowest BCUT2D eigenvalue weighted by molar-refractivity contribution is -0.127. The predicted octanol–water partition coefficient (Wildman–Crippen LogP) is 2.13. The molecule has 1 aliphatic rings. The summed E-state index contributed by atoms with van der Waals surface area (Å²) in [5.41, 5.74) is 2.06. The van der Waals surface area contributed by atoms with Crippen LogP contribution in [0, 0.1) is 0 Å². The number of rotatable bonds is 7. The zero-order valence-electron chi connectivity index (χ0n) is 14.9. The molecular formula is C17H21N7OS. The first kappa shape index (κ1) is 17.0. The van der Waals surface area contributed by atoms with Crippen molar-refractivity contribution in [2.24, 2.45) is 0 Å². The van der Waals surface area contributed by atoms with E-state index in [0.29, 0.717) is 18.3 Å². The summed E-state index contributed by atoms with van der Waals surface area (Å²) in [6, 6.07) is 8.46. The van der Waals surface area contributed by atoms with Gasteiger partial charge in [0.15, 0.2) is 0 Å². The standard InChI is InChI=1S/C17H21N7OS/c1-3-23-14-7-5-4-6-13(14)18-15(23)10-22(2)16(25)11-26-17-19-20-21-24(17)12-8-9-12/h4-7,12H,3,8-11H2,1-2H3. The molecule has 0 spiro atoms. The van der Waals surface area contributed by atoms with Gasteiger partial charge in [-0.2, -0.15) is 0 Å². The van der Waals surface area contributed by atoms with Gasteiger partial charge in [-0.05, 0) is 42.3 Å². The number of hydrogen-bond acceptors (Lipinski definition) is 6. The van der Waals surface area contributed by atoms with Gasteiger partial charge in [-0.25, -0.2) is 9.67 Å². The number of thioether (sulfide) groups is 1. The maximum Gasteiger partial charge on any atom is 0.233 e. The lowest BCUT2D eigenvalue weighted by Crippen LogP contribution is -2.29. The molecule has 0 aliphatic heterocycles. The van der Waals surface area contributed by atoms with Gasteiger partial charge in [-0.1, -0.05) is 23.9 Å². The van der Waals surface area contributed by atoms with Crippen molar-refractivity contribution in [1.29, 1.82) is 0 Å². The lowest BCUT2D eigenvalue weighted by Gasteiger charge is -2.17. The molecule has 3 aromatic rings. The highest BCUT2D eigenvalue weighted by Gasteiger charge is 2.28. The Hall–Kier alpha value is -2.42. The highest BCUT2D eigenvalue weighted by molar-refractivity contribution is 7.99. The molecule has 0 atom stereocenters. The minimum absolute atomic E-state index is 0.0371. The number of carbonyl (C=O) groups excluding carboxylic acids is 1. The molecule has 1 saturated carbocycles. The molecule has 0 N–H and O–H groups in total. The summed E-state index contributed by atoms with van der Waals surface area (Å²) in [5.74, 6) is 1.25. The predicted molar refractivity (Wildman–Crippen MR) is 98.7 cm³/mol. The Morgan fingerprint density at radius 2 is 2.15 bits per heavy atom. The second-order valence-electron chi connectivity index (χ2n) is 6.44. The van der Waals surface area contributed by atoms with Gasteiger partial charge in [0, 0.05) is 13.6 Å². The number of imidazole rings is 1. The molecule has 2 aromatic heterocycles. The van der Waals surface area contributed by atoms with Crippen molar-refractivity contribution in [3.05, 3.63) is 30.1 Å². The fourth-order valence-electron chi connectivity index (χ4n) is 2.96. The molecule has 2 heterocycles. The number of carbonyl (C=O) groups is 1. The summed E-state index contributed by atoms with van der Waals surface area (Å²) in [6.07, 6.45) is 2.22. The Labute approximate surface area is 155 Å². The van der Waals surface area contributed by atoms with Crippen LogP contribution in [0.4, 0.5) is 0 Å². The second kappa shape index (κ2) is 7.06.